The highest BCUT2D eigenvalue weighted by atomic mass is 15.2. The number of hydrogen-bond acceptors (Lipinski definition) is 4. The number of anilines is 2. The molecule has 1 N–H and O–H groups in total. The molecule has 1 fully saturated rings. The molecule has 0 aliphatic carbocycles. The Labute approximate surface area is 116 Å². The lowest BCUT2D eigenvalue weighted by atomic mass is 10.0. The van der Waals surface area contributed by atoms with Crippen LogP contribution in [0.4, 0.5) is 11.6 Å². The Balaban J connectivity index is 2.12. The minimum atomic E-state index is 0.450. The molecule has 19 heavy (non-hydrogen) atoms. The molecule has 1 aliphatic rings. The van der Waals surface area contributed by atoms with Crippen molar-refractivity contribution < 1.29 is 0 Å². The predicted octanol–water partition coefficient (Wildman–Crippen LogP) is 3.46. The third kappa shape index (κ3) is 3.58. The summed E-state index contributed by atoms with van der Waals surface area (Å²) >= 11 is 0. The molecule has 4 nitrogen and oxygen atoms in total. The van der Waals surface area contributed by atoms with Crippen LogP contribution in [0.1, 0.15) is 52.9 Å². The van der Waals surface area contributed by atoms with Gasteiger partial charge in [-0.25, -0.2) is 9.97 Å². The Hall–Kier alpha value is -1.32. The average molecular weight is 262 g/mol. The van der Waals surface area contributed by atoms with E-state index in [0.717, 1.165) is 24.6 Å². The van der Waals surface area contributed by atoms with Gasteiger partial charge in [0.05, 0.1) is 0 Å². The van der Waals surface area contributed by atoms with Gasteiger partial charge in [-0.3, -0.25) is 0 Å². The van der Waals surface area contributed by atoms with Gasteiger partial charge in [-0.2, -0.15) is 0 Å². The average Bonchev–Trinajstić information content (AvgIpc) is 2.47. The summed E-state index contributed by atoms with van der Waals surface area (Å²) < 4.78 is 0. The Morgan fingerprint density at radius 3 is 2.95 bits per heavy atom. The van der Waals surface area contributed by atoms with Crippen LogP contribution in [-0.2, 0) is 0 Å². The summed E-state index contributed by atoms with van der Waals surface area (Å²) in [4.78, 5) is 11.2. The topological polar surface area (TPSA) is 41.0 Å². The first-order valence-corrected chi connectivity index (χ1v) is 7.59. The number of nitrogens with one attached hydrogen (secondary N) is 1. The van der Waals surface area contributed by atoms with E-state index in [9.17, 15) is 0 Å². The standard InChI is InChI=1S/C15H26N4/c1-4-12(3)18-14-10-15(17-11-16-14)19-9-7-6-8-13(19)5-2/h10-13H,4-9H2,1-3H3,(H,16,17,18). The van der Waals surface area contributed by atoms with Crippen LogP contribution in [0.2, 0.25) is 0 Å². The Morgan fingerprint density at radius 1 is 1.37 bits per heavy atom. The first-order valence-electron chi connectivity index (χ1n) is 7.59. The molecule has 2 heterocycles. The SMILES string of the molecule is CCC(C)Nc1cc(N2CCCCC2CC)ncn1. The van der Waals surface area contributed by atoms with E-state index >= 15 is 0 Å². The van der Waals surface area contributed by atoms with Crippen LogP contribution < -0.4 is 10.2 Å². The summed E-state index contributed by atoms with van der Waals surface area (Å²) in [5, 5.41) is 3.43. The number of rotatable bonds is 5. The van der Waals surface area contributed by atoms with Crippen molar-refractivity contribution in [1.82, 2.24) is 9.97 Å². The highest BCUT2D eigenvalue weighted by Gasteiger charge is 2.22. The zero-order valence-electron chi connectivity index (χ0n) is 12.4. The fourth-order valence-electron chi connectivity index (χ4n) is 2.66. The smallest absolute Gasteiger partial charge is 0.134 e. The van der Waals surface area contributed by atoms with Gasteiger partial charge < -0.3 is 10.2 Å². The molecule has 0 spiro atoms. The molecule has 2 rings (SSSR count). The van der Waals surface area contributed by atoms with Crippen molar-refractivity contribution in [2.45, 2.75) is 65.0 Å². The van der Waals surface area contributed by atoms with E-state index in [-0.39, 0.29) is 0 Å². The first-order chi connectivity index (χ1) is 9.24. The maximum atomic E-state index is 4.47. The molecule has 2 unspecified atom stereocenters. The van der Waals surface area contributed by atoms with E-state index in [1.165, 1.54) is 25.7 Å². The van der Waals surface area contributed by atoms with E-state index in [0.29, 0.717) is 12.1 Å². The van der Waals surface area contributed by atoms with Crippen molar-refractivity contribution in [3.63, 3.8) is 0 Å². The molecule has 0 radical (unpaired) electrons. The quantitative estimate of drug-likeness (QED) is 0.882. The Kier molecular flexibility index (Phi) is 5.00. The highest BCUT2D eigenvalue weighted by molar-refractivity contribution is 5.49. The van der Waals surface area contributed by atoms with E-state index in [2.05, 4.69) is 47.0 Å². The lowest BCUT2D eigenvalue weighted by Crippen LogP contribution is -2.39. The summed E-state index contributed by atoms with van der Waals surface area (Å²) in [7, 11) is 0. The van der Waals surface area contributed by atoms with Crippen LogP contribution in [-0.4, -0.2) is 28.6 Å². The number of nitrogens with zero attached hydrogens (tertiary/aromatic N) is 3. The van der Waals surface area contributed by atoms with Gasteiger partial charge in [0, 0.05) is 24.7 Å². The van der Waals surface area contributed by atoms with Crippen molar-refractivity contribution in [3.05, 3.63) is 12.4 Å². The van der Waals surface area contributed by atoms with Gasteiger partial charge in [0.1, 0.15) is 18.0 Å². The van der Waals surface area contributed by atoms with Crippen LogP contribution in [0.15, 0.2) is 12.4 Å². The summed E-state index contributed by atoms with van der Waals surface area (Å²) in [5.74, 6) is 2.02. The van der Waals surface area contributed by atoms with E-state index in [4.69, 9.17) is 0 Å². The molecule has 0 bridgehead atoms. The fraction of sp³-hybridized carbons (Fsp3) is 0.733. The molecule has 1 saturated heterocycles. The van der Waals surface area contributed by atoms with Crippen LogP contribution >= 0.6 is 0 Å². The number of aromatic nitrogens is 2. The molecule has 106 valence electrons. The van der Waals surface area contributed by atoms with Crippen molar-refractivity contribution in [1.29, 1.82) is 0 Å². The number of hydrogen-bond donors (Lipinski definition) is 1. The molecular weight excluding hydrogens is 236 g/mol. The third-order valence-corrected chi connectivity index (χ3v) is 4.05. The highest BCUT2D eigenvalue weighted by Crippen LogP contribution is 2.25. The summed E-state index contributed by atoms with van der Waals surface area (Å²) in [5.41, 5.74) is 0. The van der Waals surface area contributed by atoms with Gasteiger partial charge in [0.25, 0.3) is 0 Å². The van der Waals surface area contributed by atoms with Crippen molar-refractivity contribution in [2.24, 2.45) is 0 Å². The Bertz CT molecular complexity index is 393. The third-order valence-electron chi connectivity index (χ3n) is 4.05. The molecular formula is C15H26N4. The maximum Gasteiger partial charge on any atom is 0.134 e. The fourth-order valence-corrected chi connectivity index (χ4v) is 2.66. The lowest BCUT2D eigenvalue weighted by molar-refractivity contribution is 0.446. The van der Waals surface area contributed by atoms with Gasteiger partial charge in [-0.1, -0.05) is 13.8 Å². The Morgan fingerprint density at radius 2 is 2.21 bits per heavy atom. The largest absolute Gasteiger partial charge is 0.367 e. The first kappa shape index (κ1) is 14.1. The van der Waals surface area contributed by atoms with Crippen molar-refractivity contribution >= 4 is 11.6 Å². The van der Waals surface area contributed by atoms with Gasteiger partial charge >= 0.3 is 0 Å². The summed E-state index contributed by atoms with van der Waals surface area (Å²) in [6, 6.07) is 3.19. The van der Waals surface area contributed by atoms with E-state index in [1.54, 1.807) is 6.33 Å². The zero-order valence-corrected chi connectivity index (χ0v) is 12.4. The van der Waals surface area contributed by atoms with E-state index in [1.807, 2.05) is 0 Å². The molecule has 0 amide bonds. The molecule has 1 aromatic rings. The summed E-state index contributed by atoms with van der Waals surface area (Å²) in [6.45, 7) is 7.75. The van der Waals surface area contributed by atoms with Crippen LogP contribution in [0.3, 0.4) is 0 Å². The molecule has 2 atom stereocenters. The van der Waals surface area contributed by atoms with Crippen LogP contribution in [0.25, 0.3) is 0 Å². The van der Waals surface area contributed by atoms with Crippen LogP contribution in [0, 0.1) is 0 Å². The van der Waals surface area contributed by atoms with E-state index < -0.39 is 0 Å². The van der Waals surface area contributed by atoms with Gasteiger partial charge in [0.15, 0.2) is 0 Å². The molecule has 4 heteroatoms. The second-order valence-corrected chi connectivity index (χ2v) is 5.47. The van der Waals surface area contributed by atoms with Gasteiger partial charge in [-0.15, -0.1) is 0 Å². The lowest BCUT2D eigenvalue weighted by Gasteiger charge is -2.36. The molecule has 0 saturated carbocycles. The number of piperidine rings is 1. The van der Waals surface area contributed by atoms with Crippen molar-refractivity contribution in [2.75, 3.05) is 16.8 Å². The minimum absolute atomic E-state index is 0.450. The van der Waals surface area contributed by atoms with Gasteiger partial charge in [-0.05, 0) is 39.0 Å². The van der Waals surface area contributed by atoms with Crippen LogP contribution in [0.5, 0.6) is 0 Å². The minimum Gasteiger partial charge on any atom is -0.367 e. The predicted molar refractivity (Wildman–Crippen MR) is 80.7 cm³/mol. The normalized spacial score (nSPS) is 21.2. The van der Waals surface area contributed by atoms with Crippen molar-refractivity contribution in [3.8, 4) is 0 Å². The second kappa shape index (κ2) is 6.73. The maximum absolute atomic E-state index is 4.47. The molecule has 0 aromatic carbocycles. The zero-order chi connectivity index (χ0) is 13.7. The summed E-state index contributed by atoms with van der Waals surface area (Å²) in [6.07, 6.45) is 7.88. The second-order valence-electron chi connectivity index (χ2n) is 5.47. The molecule has 1 aromatic heterocycles. The molecule has 1 aliphatic heterocycles. The van der Waals surface area contributed by atoms with Gasteiger partial charge in [0.2, 0.25) is 0 Å². The monoisotopic (exact) mass is 262 g/mol.